The van der Waals surface area contributed by atoms with Gasteiger partial charge in [0.05, 0.1) is 0 Å². The summed E-state index contributed by atoms with van der Waals surface area (Å²) in [7, 11) is 0. The zero-order chi connectivity index (χ0) is 15.5. The minimum atomic E-state index is -2.98. The van der Waals surface area contributed by atoms with Gasteiger partial charge in [0.1, 0.15) is 0 Å². The first-order chi connectivity index (χ1) is 10.6. The van der Waals surface area contributed by atoms with Crippen LogP contribution in [-0.2, 0) is 0 Å². The normalized spacial score (nSPS) is 10.5. The second-order valence-corrected chi connectivity index (χ2v) is 13.3. The second-order valence-electron chi connectivity index (χ2n) is 5.10. The first-order valence-electron chi connectivity index (χ1n) is 6.90. The molecule has 3 aromatic rings. The third-order valence-electron chi connectivity index (χ3n) is 3.55. The van der Waals surface area contributed by atoms with E-state index in [1.807, 2.05) is 18.2 Å². The van der Waals surface area contributed by atoms with Gasteiger partial charge in [-0.1, -0.05) is 0 Å². The van der Waals surface area contributed by atoms with Gasteiger partial charge < -0.3 is 0 Å². The molecule has 0 aromatic heterocycles. The van der Waals surface area contributed by atoms with Crippen LogP contribution in [0.3, 0.4) is 0 Å². The van der Waals surface area contributed by atoms with Gasteiger partial charge in [0, 0.05) is 0 Å². The van der Waals surface area contributed by atoms with Gasteiger partial charge in [0.2, 0.25) is 0 Å². The van der Waals surface area contributed by atoms with E-state index in [2.05, 4.69) is 0 Å². The maximum absolute atomic E-state index is 13.6. The molecule has 0 unspecified atom stereocenters. The molecule has 108 valence electrons. The van der Waals surface area contributed by atoms with Crippen molar-refractivity contribution in [1.29, 1.82) is 0 Å². The second kappa shape index (κ2) is 6.61. The Morgan fingerprint density at radius 1 is 0.500 bits per heavy atom. The summed E-state index contributed by atoms with van der Waals surface area (Å²) in [6.07, 6.45) is 0. The molecule has 0 fully saturated rings. The third kappa shape index (κ3) is 3.38. The van der Waals surface area contributed by atoms with E-state index in [4.69, 9.17) is 0 Å². The fourth-order valence-electron chi connectivity index (χ4n) is 2.64. The summed E-state index contributed by atoms with van der Waals surface area (Å²) in [6, 6.07) is 19.1. The zero-order valence-electron chi connectivity index (χ0n) is 11.6. The van der Waals surface area contributed by atoms with Gasteiger partial charge in [-0.2, -0.15) is 0 Å². The molecular formula is C18H12F3In. The fourth-order valence-corrected chi connectivity index (χ4v) is 11.3. The van der Waals surface area contributed by atoms with Crippen molar-refractivity contribution >= 4 is 31.4 Å². The summed E-state index contributed by atoms with van der Waals surface area (Å²) in [5.74, 6) is -0.981. The summed E-state index contributed by atoms with van der Waals surface area (Å²) in [4.78, 5) is 0. The summed E-state index contributed by atoms with van der Waals surface area (Å²) >= 11 is -2.98. The first-order valence-corrected chi connectivity index (χ1v) is 11.8. The monoisotopic (exact) mass is 400 g/mol. The van der Waals surface area contributed by atoms with Gasteiger partial charge in [0.25, 0.3) is 0 Å². The third-order valence-corrected chi connectivity index (χ3v) is 12.3. The molecule has 3 aromatic carbocycles. The van der Waals surface area contributed by atoms with Crippen LogP contribution in [-0.4, -0.2) is 21.4 Å². The van der Waals surface area contributed by atoms with Crippen LogP contribution in [0.25, 0.3) is 0 Å². The summed E-state index contributed by atoms with van der Waals surface area (Å²) in [6.45, 7) is 0. The van der Waals surface area contributed by atoms with Crippen LogP contribution in [0.5, 0.6) is 0 Å². The van der Waals surface area contributed by atoms with Gasteiger partial charge in [0.15, 0.2) is 0 Å². The van der Waals surface area contributed by atoms with Crippen molar-refractivity contribution < 1.29 is 13.2 Å². The molecule has 22 heavy (non-hydrogen) atoms. The van der Waals surface area contributed by atoms with Crippen LogP contribution in [0.4, 0.5) is 13.2 Å². The van der Waals surface area contributed by atoms with Gasteiger partial charge in [-0.3, -0.25) is 0 Å². The van der Waals surface area contributed by atoms with E-state index in [0.29, 0.717) is 0 Å². The van der Waals surface area contributed by atoms with Crippen molar-refractivity contribution in [2.24, 2.45) is 0 Å². The number of hydrogen-bond donors (Lipinski definition) is 0. The molecule has 0 aliphatic rings. The summed E-state index contributed by atoms with van der Waals surface area (Å²) in [5.41, 5.74) is 0. The Kier molecular flexibility index (Phi) is 4.57. The average Bonchev–Trinajstić information content (AvgIpc) is 2.48. The molecule has 0 aliphatic carbocycles. The summed E-state index contributed by atoms with van der Waals surface area (Å²) < 4.78 is 43.4. The van der Waals surface area contributed by atoms with Crippen molar-refractivity contribution in [3.8, 4) is 0 Å². The van der Waals surface area contributed by atoms with Gasteiger partial charge in [-0.15, -0.1) is 0 Å². The maximum atomic E-state index is 13.6. The number of benzene rings is 3. The SMILES string of the molecule is Fc1ccc[c]([In]([c]2cccc(F)c2)[c]2cccc(F)c2)c1. The van der Waals surface area contributed by atoms with Crippen molar-refractivity contribution in [3.63, 3.8) is 0 Å². The molecule has 0 saturated carbocycles. The molecule has 0 radical (unpaired) electrons. The van der Waals surface area contributed by atoms with Crippen LogP contribution < -0.4 is 9.96 Å². The van der Waals surface area contributed by atoms with E-state index in [1.54, 1.807) is 18.2 Å². The Balaban J connectivity index is 2.18. The van der Waals surface area contributed by atoms with Crippen molar-refractivity contribution in [1.82, 2.24) is 0 Å². The molecule has 0 atom stereocenters. The molecule has 0 aliphatic heterocycles. The standard InChI is InChI=1S/3C6H4F.In/c3*7-6-4-2-1-3-5-6;/h3*1-2,4-5H;. The molecule has 0 heterocycles. The molecule has 0 saturated heterocycles. The fraction of sp³-hybridized carbons (Fsp3) is 0. The molecule has 0 spiro atoms. The Morgan fingerprint density at radius 2 is 0.818 bits per heavy atom. The van der Waals surface area contributed by atoms with Crippen molar-refractivity contribution in [2.75, 3.05) is 0 Å². The number of rotatable bonds is 3. The van der Waals surface area contributed by atoms with E-state index in [9.17, 15) is 13.2 Å². The Labute approximate surface area is 134 Å². The molecule has 4 heteroatoms. The minimum absolute atomic E-state index is 0.327. The predicted molar refractivity (Wildman–Crippen MR) is 83.9 cm³/mol. The Morgan fingerprint density at radius 3 is 1.09 bits per heavy atom. The topological polar surface area (TPSA) is 0 Å². The van der Waals surface area contributed by atoms with E-state index in [1.165, 1.54) is 36.4 Å². The van der Waals surface area contributed by atoms with Crippen LogP contribution >= 0.6 is 0 Å². The summed E-state index contributed by atoms with van der Waals surface area (Å²) in [5, 5.41) is 0. The van der Waals surface area contributed by atoms with Gasteiger partial charge >= 0.3 is 135 Å². The quantitative estimate of drug-likeness (QED) is 0.635. The molecule has 0 bridgehead atoms. The van der Waals surface area contributed by atoms with Gasteiger partial charge in [-0.05, 0) is 0 Å². The van der Waals surface area contributed by atoms with Gasteiger partial charge in [-0.25, -0.2) is 0 Å². The van der Waals surface area contributed by atoms with Crippen molar-refractivity contribution in [2.45, 2.75) is 0 Å². The first kappa shape index (κ1) is 15.2. The molecular weight excluding hydrogens is 388 g/mol. The molecule has 0 N–H and O–H groups in total. The average molecular weight is 400 g/mol. The van der Waals surface area contributed by atoms with E-state index in [0.717, 1.165) is 9.96 Å². The Bertz CT molecular complexity index is 693. The van der Waals surface area contributed by atoms with Crippen molar-refractivity contribution in [3.05, 3.63) is 90.2 Å². The number of hydrogen-bond acceptors (Lipinski definition) is 0. The van der Waals surface area contributed by atoms with E-state index >= 15 is 0 Å². The van der Waals surface area contributed by atoms with Crippen LogP contribution in [0, 0.1) is 17.5 Å². The predicted octanol–water partition coefficient (Wildman–Crippen LogP) is 2.62. The number of halogens is 3. The molecule has 3 rings (SSSR count). The zero-order valence-corrected chi connectivity index (χ0v) is 14.9. The van der Waals surface area contributed by atoms with Crippen LogP contribution in [0.2, 0.25) is 0 Å². The Hall–Kier alpha value is -1.68. The molecule has 0 amide bonds. The van der Waals surface area contributed by atoms with Crippen LogP contribution in [0.1, 0.15) is 0 Å². The van der Waals surface area contributed by atoms with E-state index < -0.39 is 21.4 Å². The molecule has 0 nitrogen and oxygen atoms in total. The van der Waals surface area contributed by atoms with Crippen LogP contribution in [0.15, 0.2) is 72.8 Å². The van der Waals surface area contributed by atoms with E-state index in [-0.39, 0.29) is 17.5 Å².